The van der Waals surface area contributed by atoms with Crippen molar-refractivity contribution in [2.75, 3.05) is 54.5 Å². The van der Waals surface area contributed by atoms with Gasteiger partial charge in [0.25, 0.3) is 0 Å². The Morgan fingerprint density at radius 1 is 1.38 bits per heavy atom. The maximum absolute atomic E-state index is 12.4. The van der Waals surface area contributed by atoms with Gasteiger partial charge in [0.15, 0.2) is 0 Å². The molecule has 1 rings (SSSR count). The van der Waals surface area contributed by atoms with Crippen LogP contribution in [0.5, 0.6) is 0 Å². The van der Waals surface area contributed by atoms with E-state index in [9.17, 15) is 14.7 Å². The number of methoxy groups -OCH3 is 1. The number of hydrogen-bond acceptors (Lipinski definition) is 4. The summed E-state index contributed by atoms with van der Waals surface area (Å²) in [7, 11) is 6.60. The Balaban J connectivity index is 2.55. The smallest absolute Gasteiger partial charge is 0.319 e. The van der Waals surface area contributed by atoms with E-state index in [1.165, 1.54) is 16.9 Å². The van der Waals surface area contributed by atoms with Crippen molar-refractivity contribution in [1.29, 1.82) is 0 Å². The molecule has 0 aliphatic carbocycles. The first kappa shape index (κ1) is 17.7. The molecule has 2 atom stereocenters. The molecule has 1 aliphatic rings. The molecule has 122 valence electrons. The average Bonchev–Trinajstić information content (AvgIpc) is 2.45. The van der Waals surface area contributed by atoms with Crippen molar-refractivity contribution >= 4 is 11.9 Å². The molecule has 0 aromatic carbocycles. The van der Waals surface area contributed by atoms with Crippen LogP contribution < -0.4 is 0 Å². The van der Waals surface area contributed by atoms with E-state index in [0.717, 1.165) is 12.8 Å². The Hall–Kier alpha value is -1.34. The van der Waals surface area contributed by atoms with E-state index in [4.69, 9.17) is 4.74 Å². The Morgan fingerprint density at radius 2 is 2.05 bits per heavy atom. The van der Waals surface area contributed by atoms with Crippen molar-refractivity contribution in [3.63, 3.8) is 0 Å². The van der Waals surface area contributed by atoms with Gasteiger partial charge in [-0.2, -0.15) is 0 Å². The predicted molar refractivity (Wildman–Crippen MR) is 78.9 cm³/mol. The number of rotatable bonds is 5. The third-order valence-electron chi connectivity index (χ3n) is 3.64. The lowest BCUT2D eigenvalue weighted by Crippen LogP contribution is -2.49. The van der Waals surface area contributed by atoms with Crippen molar-refractivity contribution < 1.29 is 19.4 Å². The number of carbonyl (C=O) groups excluding carboxylic acids is 2. The molecule has 1 heterocycles. The van der Waals surface area contributed by atoms with Crippen LogP contribution in [0.3, 0.4) is 0 Å². The SMILES string of the molecule is COCC(O)CN(C)C(=O)C1CCCN(C(=O)N(C)C)C1. The molecule has 1 fully saturated rings. The van der Waals surface area contributed by atoms with E-state index >= 15 is 0 Å². The van der Waals surface area contributed by atoms with Gasteiger partial charge in [0, 0.05) is 47.9 Å². The summed E-state index contributed by atoms with van der Waals surface area (Å²) in [5, 5.41) is 9.69. The maximum Gasteiger partial charge on any atom is 0.319 e. The summed E-state index contributed by atoms with van der Waals surface area (Å²) in [6.07, 6.45) is 0.914. The lowest BCUT2D eigenvalue weighted by Gasteiger charge is -2.35. The first-order chi connectivity index (χ1) is 9.86. The van der Waals surface area contributed by atoms with E-state index in [2.05, 4.69) is 0 Å². The Morgan fingerprint density at radius 3 is 2.62 bits per heavy atom. The zero-order chi connectivity index (χ0) is 16.0. The third-order valence-corrected chi connectivity index (χ3v) is 3.64. The fraction of sp³-hybridized carbons (Fsp3) is 0.857. The van der Waals surface area contributed by atoms with E-state index in [0.29, 0.717) is 13.1 Å². The van der Waals surface area contributed by atoms with Gasteiger partial charge in [0.1, 0.15) is 0 Å². The number of aliphatic hydroxyl groups excluding tert-OH is 1. The molecule has 2 unspecified atom stereocenters. The van der Waals surface area contributed by atoms with Gasteiger partial charge in [-0.15, -0.1) is 0 Å². The van der Waals surface area contributed by atoms with Crippen LogP contribution in [0.25, 0.3) is 0 Å². The van der Waals surface area contributed by atoms with Crippen LogP contribution in [-0.4, -0.2) is 92.3 Å². The van der Waals surface area contributed by atoms with Crippen molar-refractivity contribution in [2.24, 2.45) is 5.92 Å². The van der Waals surface area contributed by atoms with Crippen molar-refractivity contribution in [1.82, 2.24) is 14.7 Å². The number of amides is 3. The van der Waals surface area contributed by atoms with Gasteiger partial charge in [-0.3, -0.25) is 4.79 Å². The highest BCUT2D eigenvalue weighted by molar-refractivity contribution is 5.80. The zero-order valence-corrected chi connectivity index (χ0v) is 13.4. The van der Waals surface area contributed by atoms with Crippen LogP contribution in [0.4, 0.5) is 4.79 Å². The van der Waals surface area contributed by atoms with E-state index in [1.807, 2.05) is 0 Å². The second-order valence-corrected chi connectivity index (χ2v) is 5.79. The van der Waals surface area contributed by atoms with E-state index in [-0.39, 0.29) is 31.0 Å². The minimum Gasteiger partial charge on any atom is -0.389 e. The minimum atomic E-state index is -0.688. The van der Waals surface area contributed by atoms with Gasteiger partial charge in [-0.05, 0) is 12.8 Å². The summed E-state index contributed by atoms with van der Waals surface area (Å²) in [6.45, 7) is 1.58. The summed E-state index contributed by atoms with van der Waals surface area (Å²) in [6, 6.07) is -0.0606. The molecule has 21 heavy (non-hydrogen) atoms. The minimum absolute atomic E-state index is 0.0265. The summed E-state index contributed by atoms with van der Waals surface area (Å²) >= 11 is 0. The first-order valence-corrected chi connectivity index (χ1v) is 7.25. The summed E-state index contributed by atoms with van der Waals surface area (Å²) < 4.78 is 4.86. The Kier molecular flexibility index (Phi) is 6.91. The standard InChI is InChI=1S/C14H27N3O4/c1-15(2)14(20)17-7-5-6-11(8-17)13(19)16(3)9-12(18)10-21-4/h11-12,18H,5-10H2,1-4H3. The predicted octanol–water partition coefficient (Wildman–Crippen LogP) is -0.154. The van der Waals surface area contributed by atoms with Crippen LogP contribution in [0.2, 0.25) is 0 Å². The molecular weight excluding hydrogens is 274 g/mol. The first-order valence-electron chi connectivity index (χ1n) is 7.25. The number of hydrogen-bond donors (Lipinski definition) is 1. The molecule has 1 aliphatic heterocycles. The molecular formula is C14H27N3O4. The number of aliphatic hydroxyl groups is 1. The molecule has 3 amide bonds. The number of nitrogens with zero attached hydrogens (tertiary/aromatic N) is 3. The van der Waals surface area contributed by atoms with Gasteiger partial charge in [-0.1, -0.05) is 0 Å². The normalized spacial score (nSPS) is 20.0. The quantitative estimate of drug-likeness (QED) is 0.766. The molecule has 0 aromatic rings. The van der Waals surface area contributed by atoms with Gasteiger partial charge >= 0.3 is 6.03 Å². The highest BCUT2D eigenvalue weighted by Crippen LogP contribution is 2.19. The van der Waals surface area contributed by atoms with Crippen molar-refractivity contribution in [2.45, 2.75) is 18.9 Å². The topological polar surface area (TPSA) is 73.3 Å². The number of carbonyl (C=O) groups is 2. The van der Waals surface area contributed by atoms with Gasteiger partial charge in [0.2, 0.25) is 5.91 Å². The molecule has 7 heteroatoms. The van der Waals surface area contributed by atoms with Crippen LogP contribution in [0.1, 0.15) is 12.8 Å². The number of urea groups is 1. The molecule has 0 radical (unpaired) electrons. The van der Waals surface area contributed by atoms with E-state index < -0.39 is 6.10 Å². The summed E-state index contributed by atoms with van der Waals surface area (Å²) in [4.78, 5) is 29.1. The molecule has 1 saturated heterocycles. The lowest BCUT2D eigenvalue weighted by molar-refractivity contribution is -0.137. The molecule has 0 saturated carbocycles. The maximum atomic E-state index is 12.4. The van der Waals surface area contributed by atoms with Gasteiger partial charge in [0.05, 0.1) is 18.6 Å². The second kappa shape index (κ2) is 8.19. The summed E-state index contributed by atoms with van der Waals surface area (Å²) in [5.74, 6) is -0.219. The number of likely N-dealkylation sites (N-methyl/N-ethyl adjacent to an activating group) is 1. The van der Waals surface area contributed by atoms with Crippen LogP contribution in [0, 0.1) is 5.92 Å². The Labute approximate surface area is 126 Å². The molecule has 0 aromatic heterocycles. The lowest BCUT2D eigenvalue weighted by atomic mass is 9.96. The van der Waals surface area contributed by atoms with Crippen LogP contribution >= 0.6 is 0 Å². The Bertz CT molecular complexity index is 362. The fourth-order valence-electron chi connectivity index (χ4n) is 2.60. The molecule has 1 N–H and O–H groups in total. The van der Waals surface area contributed by atoms with Crippen LogP contribution in [0.15, 0.2) is 0 Å². The summed E-state index contributed by atoms with van der Waals surface area (Å²) in [5.41, 5.74) is 0. The monoisotopic (exact) mass is 301 g/mol. The largest absolute Gasteiger partial charge is 0.389 e. The number of piperidine rings is 1. The number of ether oxygens (including phenoxy) is 1. The van der Waals surface area contributed by atoms with E-state index in [1.54, 1.807) is 26.0 Å². The molecule has 0 bridgehead atoms. The fourth-order valence-corrected chi connectivity index (χ4v) is 2.60. The highest BCUT2D eigenvalue weighted by Gasteiger charge is 2.31. The third kappa shape index (κ3) is 5.17. The van der Waals surface area contributed by atoms with Crippen LogP contribution in [-0.2, 0) is 9.53 Å². The second-order valence-electron chi connectivity index (χ2n) is 5.79. The molecule has 0 spiro atoms. The highest BCUT2D eigenvalue weighted by atomic mass is 16.5. The average molecular weight is 301 g/mol. The van der Waals surface area contributed by atoms with Crippen molar-refractivity contribution in [3.8, 4) is 0 Å². The number of likely N-dealkylation sites (tertiary alicyclic amines) is 1. The molecule has 7 nitrogen and oxygen atoms in total. The van der Waals surface area contributed by atoms with Gasteiger partial charge in [-0.25, -0.2) is 4.79 Å². The zero-order valence-electron chi connectivity index (χ0n) is 13.4. The van der Waals surface area contributed by atoms with Crippen molar-refractivity contribution in [3.05, 3.63) is 0 Å². The van der Waals surface area contributed by atoms with Gasteiger partial charge < -0.3 is 24.5 Å².